The first-order valence-electron chi connectivity index (χ1n) is 14.6. The molecule has 0 unspecified atom stereocenters. The Bertz CT molecular complexity index is 1870. The number of alkyl carbamates (subject to hydrolysis) is 1. The molecular weight excluding hydrogens is 621 g/mol. The maximum absolute atomic E-state index is 15.9. The molecule has 1 aliphatic heterocycles. The van der Waals surface area contributed by atoms with Gasteiger partial charge in [-0.3, -0.25) is 4.79 Å². The molecule has 10 nitrogen and oxygen atoms in total. The third-order valence-electron chi connectivity index (χ3n) is 7.23. The Kier molecular flexibility index (Phi) is 8.85. The first kappa shape index (κ1) is 32.9. The van der Waals surface area contributed by atoms with Gasteiger partial charge in [-0.2, -0.15) is 5.26 Å². The van der Waals surface area contributed by atoms with E-state index in [0.717, 1.165) is 22.1 Å². The zero-order valence-electron chi connectivity index (χ0n) is 25.9. The summed E-state index contributed by atoms with van der Waals surface area (Å²) in [6.07, 6.45) is 0.643. The third kappa shape index (κ3) is 7.00. The van der Waals surface area contributed by atoms with E-state index in [0.29, 0.717) is 19.4 Å². The molecule has 1 saturated heterocycles. The van der Waals surface area contributed by atoms with Gasteiger partial charge in [-0.15, -0.1) is 16.4 Å². The van der Waals surface area contributed by atoms with Crippen LogP contribution >= 0.6 is 11.3 Å². The van der Waals surface area contributed by atoms with Crippen molar-refractivity contribution in [1.29, 1.82) is 5.26 Å². The zero-order valence-corrected chi connectivity index (χ0v) is 26.8. The number of nitrogens with zero attached hydrogens (tertiary/aromatic N) is 5. The Hall–Kier alpha value is -4.48. The van der Waals surface area contributed by atoms with Crippen LogP contribution < -0.4 is 5.32 Å². The lowest BCUT2D eigenvalue weighted by atomic mass is 9.99. The van der Waals surface area contributed by atoms with Crippen molar-refractivity contribution in [3.63, 3.8) is 0 Å². The van der Waals surface area contributed by atoms with Gasteiger partial charge in [0.05, 0.1) is 22.6 Å². The molecule has 3 heterocycles. The summed E-state index contributed by atoms with van der Waals surface area (Å²) in [4.78, 5) is 28.1. The van der Waals surface area contributed by atoms with Crippen molar-refractivity contribution in [2.75, 3.05) is 13.1 Å². The lowest BCUT2D eigenvalue weighted by molar-refractivity contribution is 0.0452. The summed E-state index contributed by atoms with van der Waals surface area (Å²) < 4.78 is 52.7. The van der Waals surface area contributed by atoms with E-state index in [-0.39, 0.29) is 62.2 Å². The number of piperidine rings is 1. The Morgan fingerprint density at radius 3 is 2.52 bits per heavy atom. The van der Waals surface area contributed by atoms with Crippen LogP contribution in [0.5, 0.6) is 0 Å². The van der Waals surface area contributed by atoms with Gasteiger partial charge in [0.1, 0.15) is 28.5 Å². The quantitative estimate of drug-likeness (QED) is 0.260. The Morgan fingerprint density at radius 1 is 1.13 bits per heavy atom. The standard InChI is InChI=1S/C32H33F3N6O4S/c1-31(2,3)45-30(43)37-19-7-6-10-40(15-19)29(42)24-13-20(17-8-9-18(14-36)22(33)11-17)28(46-24)21-12-23-27(26(35)25(21)34)41(39-38-23)16-32(4,5)44/h8-9,11-13,19,44H,6-7,10,15-16H2,1-5H3,(H,37,43)/t19-/m1/s1. The molecule has 1 atom stereocenters. The van der Waals surface area contributed by atoms with Gasteiger partial charge in [0, 0.05) is 35.1 Å². The number of rotatable bonds is 6. The Morgan fingerprint density at radius 2 is 1.87 bits per heavy atom. The first-order valence-corrected chi connectivity index (χ1v) is 15.4. The monoisotopic (exact) mass is 654 g/mol. The fraction of sp³-hybridized carbons (Fsp3) is 0.406. The number of benzene rings is 2. The largest absolute Gasteiger partial charge is 0.444 e. The zero-order chi connectivity index (χ0) is 33.6. The number of nitriles is 1. The van der Waals surface area contributed by atoms with E-state index in [4.69, 9.17) is 4.74 Å². The van der Waals surface area contributed by atoms with Gasteiger partial charge in [0.2, 0.25) is 0 Å². The molecule has 4 aromatic rings. The molecule has 2 aromatic heterocycles. The van der Waals surface area contributed by atoms with E-state index in [1.165, 1.54) is 38.1 Å². The number of carbonyl (C=O) groups excluding carboxylic acids is 2. The van der Waals surface area contributed by atoms with Crippen LogP contribution in [0, 0.1) is 28.8 Å². The maximum Gasteiger partial charge on any atom is 0.407 e. The number of halogens is 3. The van der Waals surface area contributed by atoms with Gasteiger partial charge in [-0.25, -0.2) is 22.6 Å². The number of aliphatic hydroxyl groups is 1. The summed E-state index contributed by atoms with van der Waals surface area (Å²) in [7, 11) is 0. The molecule has 14 heteroatoms. The second-order valence-electron chi connectivity index (χ2n) is 12.9. The number of thiophene rings is 1. The predicted molar refractivity (Wildman–Crippen MR) is 165 cm³/mol. The van der Waals surface area contributed by atoms with E-state index in [2.05, 4.69) is 15.6 Å². The average Bonchev–Trinajstić information content (AvgIpc) is 3.57. The van der Waals surface area contributed by atoms with Crippen molar-refractivity contribution < 1.29 is 32.6 Å². The molecule has 0 radical (unpaired) electrons. The fourth-order valence-electron chi connectivity index (χ4n) is 5.31. The molecule has 2 amide bonds. The van der Waals surface area contributed by atoms with E-state index in [9.17, 15) is 24.3 Å². The molecule has 242 valence electrons. The highest BCUT2D eigenvalue weighted by atomic mass is 32.1. The molecule has 0 saturated carbocycles. The molecule has 1 fully saturated rings. The maximum atomic E-state index is 15.9. The van der Waals surface area contributed by atoms with Crippen molar-refractivity contribution in [3.05, 3.63) is 58.2 Å². The second-order valence-corrected chi connectivity index (χ2v) is 13.9. The molecule has 2 N–H and O–H groups in total. The number of ether oxygens (including phenoxy) is 1. The number of amides is 2. The SMILES string of the molecule is CC(C)(O)Cn1nnc2cc(-c3sc(C(=O)N4CCC[C@@H](NC(=O)OC(C)(C)C)C4)cc3-c3ccc(C#N)c(F)c3)c(F)c(F)c21. The summed E-state index contributed by atoms with van der Waals surface area (Å²) >= 11 is 0.904. The first-order chi connectivity index (χ1) is 21.5. The number of carbonyl (C=O) groups is 2. The van der Waals surface area contributed by atoms with Crippen LogP contribution in [-0.2, 0) is 11.3 Å². The number of hydrogen-bond donors (Lipinski definition) is 2. The molecule has 0 bridgehead atoms. The van der Waals surface area contributed by atoms with Gasteiger partial charge >= 0.3 is 6.09 Å². The molecule has 0 aliphatic carbocycles. The summed E-state index contributed by atoms with van der Waals surface area (Å²) in [6.45, 7) is 8.69. The highest BCUT2D eigenvalue weighted by Gasteiger charge is 2.31. The minimum absolute atomic E-state index is 0.0171. The van der Waals surface area contributed by atoms with E-state index in [1.54, 1.807) is 31.7 Å². The van der Waals surface area contributed by atoms with Crippen LogP contribution in [0.2, 0.25) is 0 Å². The van der Waals surface area contributed by atoms with Crippen LogP contribution in [0.15, 0.2) is 30.3 Å². The van der Waals surface area contributed by atoms with Gasteiger partial charge in [0.15, 0.2) is 11.6 Å². The van der Waals surface area contributed by atoms with Gasteiger partial charge < -0.3 is 20.1 Å². The summed E-state index contributed by atoms with van der Waals surface area (Å²) in [6, 6.07) is 8.02. The average molecular weight is 655 g/mol. The lowest BCUT2D eigenvalue weighted by Gasteiger charge is -2.33. The number of nitrogens with one attached hydrogen (secondary N) is 1. The van der Waals surface area contributed by atoms with Crippen LogP contribution in [0.25, 0.3) is 32.6 Å². The molecule has 2 aromatic carbocycles. The lowest BCUT2D eigenvalue weighted by Crippen LogP contribution is -2.50. The van der Waals surface area contributed by atoms with Crippen LogP contribution in [0.4, 0.5) is 18.0 Å². The van der Waals surface area contributed by atoms with Crippen molar-refractivity contribution >= 4 is 34.4 Å². The second kappa shape index (κ2) is 12.4. The van der Waals surface area contributed by atoms with E-state index in [1.807, 2.05) is 0 Å². The highest BCUT2D eigenvalue weighted by molar-refractivity contribution is 7.18. The van der Waals surface area contributed by atoms with Crippen molar-refractivity contribution in [1.82, 2.24) is 25.2 Å². The molecular formula is C32H33F3N6O4S. The molecule has 5 rings (SSSR count). The normalized spacial score (nSPS) is 15.6. The number of likely N-dealkylation sites (tertiary alicyclic amines) is 1. The molecule has 0 spiro atoms. The van der Waals surface area contributed by atoms with Gasteiger partial charge in [0.25, 0.3) is 5.91 Å². The van der Waals surface area contributed by atoms with Gasteiger partial charge in [-0.1, -0.05) is 11.3 Å². The third-order valence-corrected chi connectivity index (χ3v) is 8.39. The summed E-state index contributed by atoms with van der Waals surface area (Å²) in [5, 5.41) is 30.1. The van der Waals surface area contributed by atoms with E-state index < -0.39 is 40.7 Å². The highest BCUT2D eigenvalue weighted by Crippen LogP contribution is 2.43. The number of hydrogen-bond acceptors (Lipinski definition) is 8. The summed E-state index contributed by atoms with van der Waals surface area (Å²) in [5.41, 5.74) is -2.11. The smallest absolute Gasteiger partial charge is 0.407 e. The van der Waals surface area contributed by atoms with Gasteiger partial charge in [-0.05, 0) is 77.3 Å². The van der Waals surface area contributed by atoms with Crippen molar-refractivity contribution in [2.45, 2.75) is 71.2 Å². The fourth-order valence-corrected chi connectivity index (χ4v) is 6.47. The topological polar surface area (TPSA) is 133 Å². The number of fused-ring (bicyclic) bond motifs is 1. The molecule has 1 aliphatic rings. The van der Waals surface area contributed by atoms with Crippen LogP contribution in [-0.4, -0.2) is 67.3 Å². The van der Waals surface area contributed by atoms with Crippen LogP contribution in [0.3, 0.4) is 0 Å². The predicted octanol–water partition coefficient (Wildman–Crippen LogP) is 6.02. The number of aromatic nitrogens is 3. The molecule has 46 heavy (non-hydrogen) atoms. The Labute approximate surface area is 267 Å². The minimum Gasteiger partial charge on any atom is -0.444 e. The van der Waals surface area contributed by atoms with E-state index >= 15 is 8.78 Å². The van der Waals surface area contributed by atoms with Crippen molar-refractivity contribution in [2.24, 2.45) is 0 Å². The summed E-state index contributed by atoms with van der Waals surface area (Å²) in [5.74, 6) is -3.69. The Balaban J connectivity index is 1.55. The van der Waals surface area contributed by atoms with Crippen molar-refractivity contribution in [3.8, 4) is 27.6 Å². The van der Waals surface area contributed by atoms with Crippen LogP contribution in [0.1, 0.15) is 62.7 Å². The minimum atomic E-state index is -1.28.